The fourth-order valence-electron chi connectivity index (χ4n) is 2.53. The van der Waals surface area contributed by atoms with E-state index in [0.29, 0.717) is 18.5 Å². The SMILES string of the molecule is Cc1cnc(CNC2CC(c3cccc(F)c3)C2)o1. The molecule has 3 rings (SSSR count). The van der Waals surface area contributed by atoms with Gasteiger partial charge >= 0.3 is 0 Å². The number of aryl methyl sites for hydroxylation is 1. The summed E-state index contributed by atoms with van der Waals surface area (Å²) in [5, 5.41) is 3.41. The zero-order chi connectivity index (χ0) is 13.2. The van der Waals surface area contributed by atoms with Crippen LogP contribution in [0.4, 0.5) is 4.39 Å². The first-order valence-electron chi connectivity index (χ1n) is 6.61. The van der Waals surface area contributed by atoms with Gasteiger partial charge < -0.3 is 9.73 Å². The number of halogens is 1. The van der Waals surface area contributed by atoms with Gasteiger partial charge in [-0.05, 0) is 43.4 Å². The molecule has 1 aliphatic rings. The number of rotatable bonds is 4. The zero-order valence-electron chi connectivity index (χ0n) is 10.9. The Bertz CT molecular complexity index is 561. The number of nitrogens with one attached hydrogen (secondary N) is 1. The molecule has 0 radical (unpaired) electrons. The van der Waals surface area contributed by atoms with E-state index in [9.17, 15) is 4.39 Å². The van der Waals surface area contributed by atoms with Crippen LogP contribution in [0.15, 0.2) is 34.9 Å². The number of aromatic nitrogens is 1. The van der Waals surface area contributed by atoms with Gasteiger partial charge in [0.25, 0.3) is 0 Å². The number of oxazole rings is 1. The van der Waals surface area contributed by atoms with E-state index in [2.05, 4.69) is 10.3 Å². The highest BCUT2D eigenvalue weighted by Gasteiger charge is 2.30. The van der Waals surface area contributed by atoms with E-state index in [0.717, 1.165) is 30.1 Å². The average molecular weight is 260 g/mol. The van der Waals surface area contributed by atoms with Crippen LogP contribution < -0.4 is 5.32 Å². The van der Waals surface area contributed by atoms with Crippen LogP contribution in [0.3, 0.4) is 0 Å². The molecular weight excluding hydrogens is 243 g/mol. The Morgan fingerprint density at radius 3 is 2.95 bits per heavy atom. The van der Waals surface area contributed by atoms with Gasteiger partial charge in [0.15, 0.2) is 0 Å². The first kappa shape index (κ1) is 12.4. The molecule has 100 valence electrons. The molecule has 0 saturated heterocycles. The van der Waals surface area contributed by atoms with Crippen molar-refractivity contribution in [2.24, 2.45) is 0 Å². The molecule has 2 aromatic rings. The van der Waals surface area contributed by atoms with Crippen molar-refractivity contribution in [2.75, 3.05) is 0 Å². The van der Waals surface area contributed by atoms with E-state index in [1.807, 2.05) is 13.0 Å². The van der Waals surface area contributed by atoms with Crippen molar-refractivity contribution in [3.8, 4) is 0 Å². The minimum Gasteiger partial charge on any atom is -0.445 e. The van der Waals surface area contributed by atoms with Crippen molar-refractivity contribution in [1.82, 2.24) is 10.3 Å². The molecule has 1 aromatic heterocycles. The van der Waals surface area contributed by atoms with E-state index in [1.165, 1.54) is 6.07 Å². The van der Waals surface area contributed by atoms with Gasteiger partial charge in [0, 0.05) is 6.04 Å². The summed E-state index contributed by atoms with van der Waals surface area (Å²) in [4.78, 5) is 4.16. The van der Waals surface area contributed by atoms with E-state index in [4.69, 9.17) is 4.42 Å². The predicted molar refractivity (Wildman–Crippen MR) is 70.2 cm³/mol. The molecule has 1 saturated carbocycles. The van der Waals surface area contributed by atoms with Gasteiger partial charge in [-0.3, -0.25) is 0 Å². The molecule has 0 spiro atoms. The third-order valence-corrected chi connectivity index (χ3v) is 3.67. The largest absolute Gasteiger partial charge is 0.445 e. The summed E-state index contributed by atoms with van der Waals surface area (Å²) in [6.45, 7) is 2.55. The van der Waals surface area contributed by atoms with Crippen molar-refractivity contribution in [2.45, 2.75) is 38.3 Å². The molecule has 0 atom stereocenters. The van der Waals surface area contributed by atoms with Crippen molar-refractivity contribution >= 4 is 0 Å². The molecule has 1 N–H and O–H groups in total. The molecule has 19 heavy (non-hydrogen) atoms. The maximum Gasteiger partial charge on any atom is 0.208 e. The lowest BCUT2D eigenvalue weighted by molar-refractivity contribution is 0.278. The smallest absolute Gasteiger partial charge is 0.208 e. The summed E-state index contributed by atoms with van der Waals surface area (Å²) >= 11 is 0. The van der Waals surface area contributed by atoms with Crippen LogP contribution in [0.1, 0.15) is 36.0 Å². The molecular formula is C15H17FN2O. The van der Waals surface area contributed by atoms with Gasteiger partial charge in [-0.2, -0.15) is 0 Å². The normalized spacial score (nSPS) is 22.2. The molecule has 1 heterocycles. The number of hydrogen-bond acceptors (Lipinski definition) is 3. The average Bonchev–Trinajstić information content (AvgIpc) is 2.73. The van der Waals surface area contributed by atoms with Crippen LogP contribution in [0.25, 0.3) is 0 Å². The Labute approximate surface area is 111 Å². The minimum absolute atomic E-state index is 0.149. The van der Waals surface area contributed by atoms with Crippen LogP contribution in [0, 0.1) is 12.7 Å². The van der Waals surface area contributed by atoms with Crippen LogP contribution in [0.2, 0.25) is 0 Å². The molecule has 0 unspecified atom stereocenters. The van der Waals surface area contributed by atoms with Gasteiger partial charge in [0.1, 0.15) is 11.6 Å². The molecule has 1 fully saturated rings. The van der Waals surface area contributed by atoms with Crippen molar-refractivity contribution in [3.05, 3.63) is 53.5 Å². The van der Waals surface area contributed by atoms with Gasteiger partial charge in [-0.25, -0.2) is 9.37 Å². The van der Waals surface area contributed by atoms with Gasteiger partial charge in [0.2, 0.25) is 5.89 Å². The molecule has 1 aliphatic carbocycles. The Morgan fingerprint density at radius 1 is 1.42 bits per heavy atom. The third kappa shape index (κ3) is 2.84. The maximum absolute atomic E-state index is 13.1. The summed E-state index contributed by atoms with van der Waals surface area (Å²) in [7, 11) is 0. The van der Waals surface area contributed by atoms with Crippen LogP contribution >= 0.6 is 0 Å². The van der Waals surface area contributed by atoms with Crippen molar-refractivity contribution in [3.63, 3.8) is 0 Å². The number of hydrogen-bond donors (Lipinski definition) is 1. The molecule has 3 nitrogen and oxygen atoms in total. The predicted octanol–water partition coefficient (Wildman–Crippen LogP) is 3.16. The lowest BCUT2D eigenvalue weighted by atomic mass is 9.76. The fourth-order valence-corrected chi connectivity index (χ4v) is 2.53. The number of nitrogens with zero attached hydrogens (tertiary/aromatic N) is 1. The second kappa shape index (κ2) is 5.13. The second-order valence-electron chi connectivity index (χ2n) is 5.17. The monoisotopic (exact) mass is 260 g/mol. The van der Waals surface area contributed by atoms with E-state index in [1.54, 1.807) is 18.3 Å². The highest BCUT2D eigenvalue weighted by atomic mass is 19.1. The van der Waals surface area contributed by atoms with Crippen molar-refractivity contribution in [1.29, 1.82) is 0 Å². The summed E-state index contributed by atoms with van der Waals surface area (Å²) in [5.41, 5.74) is 1.10. The quantitative estimate of drug-likeness (QED) is 0.917. The van der Waals surface area contributed by atoms with E-state index in [-0.39, 0.29) is 5.82 Å². The van der Waals surface area contributed by atoms with Crippen LogP contribution in [-0.4, -0.2) is 11.0 Å². The fraction of sp³-hybridized carbons (Fsp3) is 0.400. The summed E-state index contributed by atoms with van der Waals surface area (Å²) in [5.74, 6) is 1.89. The Balaban J connectivity index is 1.48. The molecule has 0 aliphatic heterocycles. The van der Waals surface area contributed by atoms with Crippen LogP contribution in [-0.2, 0) is 6.54 Å². The van der Waals surface area contributed by atoms with E-state index < -0.39 is 0 Å². The first-order valence-corrected chi connectivity index (χ1v) is 6.61. The molecule has 0 amide bonds. The Hall–Kier alpha value is -1.68. The molecule has 0 bridgehead atoms. The lowest BCUT2D eigenvalue weighted by Crippen LogP contribution is -2.39. The molecule has 1 aromatic carbocycles. The summed E-state index contributed by atoms with van der Waals surface area (Å²) in [6.07, 6.45) is 3.82. The van der Waals surface area contributed by atoms with Gasteiger partial charge in [-0.15, -0.1) is 0 Å². The summed E-state index contributed by atoms with van der Waals surface area (Å²) < 4.78 is 18.5. The zero-order valence-corrected chi connectivity index (χ0v) is 10.9. The number of benzene rings is 1. The maximum atomic E-state index is 13.1. The van der Waals surface area contributed by atoms with Crippen molar-refractivity contribution < 1.29 is 8.81 Å². The lowest BCUT2D eigenvalue weighted by Gasteiger charge is -2.36. The highest BCUT2D eigenvalue weighted by molar-refractivity contribution is 5.23. The van der Waals surface area contributed by atoms with Gasteiger partial charge in [-0.1, -0.05) is 12.1 Å². The standard InChI is InChI=1S/C15H17FN2O/c1-10-8-18-15(19-10)9-17-14-6-12(7-14)11-3-2-4-13(16)5-11/h2-5,8,12,14,17H,6-7,9H2,1H3. The Morgan fingerprint density at radius 2 is 2.26 bits per heavy atom. The third-order valence-electron chi connectivity index (χ3n) is 3.67. The summed E-state index contributed by atoms with van der Waals surface area (Å²) in [6, 6.07) is 7.38. The highest BCUT2D eigenvalue weighted by Crippen LogP contribution is 2.37. The topological polar surface area (TPSA) is 38.1 Å². The molecule has 4 heteroatoms. The minimum atomic E-state index is -0.149. The van der Waals surface area contributed by atoms with Gasteiger partial charge in [0.05, 0.1) is 12.7 Å². The Kier molecular flexibility index (Phi) is 3.34. The second-order valence-corrected chi connectivity index (χ2v) is 5.17. The van der Waals surface area contributed by atoms with Crippen LogP contribution in [0.5, 0.6) is 0 Å². The first-order chi connectivity index (χ1) is 9.20. The van der Waals surface area contributed by atoms with E-state index >= 15 is 0 Å².